The van der Waals surface area contributed by atoms with Crippen LogP contribution in [0.2, 0.25) is 0 Å². The molecule has 0 saturated carbocycles. The Morgan fingerprint density at radius 3 is 2.58 bits per heavy atom. The number of rotatable bonds is 4. The molecule has 1 atom stereocenters. The maximum atomic E-state index is 11.8. The SMILES string of the molecule is CC.CCN1CC[C@H](C(=O)OCc2ccccc2)C1. The second-order valence-electron chi connectivity index (χ2n) is 4.47. The van der Waals surface area contributed by atoms with Crippen LogP contribution in [-0.4, -0.2) is 30.5 Å². The maximum Gasteiger partial charge on any atom is 0.310 e. The van der Waals surface area contributed by atoms with Crippen LogP contribution >= 0.6 is 0 Å². The van der Waals surface area contributed by atoms with Crippen molar-refractivity contribution in [2.24, 2.45) is 5.92 Å². The Kier molecular flexibility index (Phi) is 7.19. The Labute approximate surface area is 116 Å². The molecule has 3 heteroatoms. The van der Waals surface area contributed by atoms with E-state index in [1.807, 2.05) is 44.2 Å². The molecule has 0 bridgehead atoms. The monoisotopic (exact) mass is 263 g/mol. The third kappa shape index (κ3) is 5.03. The lowest BCUT2D eigenvalue weighted by Gasteiger charge is -2.12. The summed E-state index contributed by atoms with van der Waals surface area (Å²) in [5.74, 6) is 0.0171. The van der Waals surface area contributed by atoms with Crippen LogP contribution in [0.25, 0.3) is 0 Å². The summed E-state index contributed by atoms with van der Waals surface area (Å²) in [4.78, 5) is 14.1. The number of benzene rings is 1. The van der Waals surface area contributed by atoms with Crippen LogP contribution in [0.1, 0.15) is 32.8 Å². The molecule has 1 fully saturated rings. The largest absolute Gasteiger partial charge is 0.461 e. The fraction of sp³-hybridized carbons (Fsp3) is 0.562. The summed E-state index contributed by atoms with van der Waals surface area (Å²) >= 11 is 0. The first-order valence-electron chi connectivity index (χ1n) is 7.22. The lowest BCUT2D eigenvalue weighted by Crippen LogP contribution is -2.24. The lowest BCUT2D eigenvalue weighted by molar-refractivity contribution is -0.149. The van der Waals surface area contributed by atoms with E-state index in [1.165, 1.54) is 0 Å². The molecule has 0 amide bonds. The van der Waals surface area contributed by atoms with Crippen molar-refractivity contribution in [1.82, 2.24) is 4.90 Å². The van der Waals surface area contributed by atoms with E-state index in [2.05, 4.69) is 11.8 Å². The first kappa shape index (κ1) is 15.7. The fourth-order valence-corrected chi connectivity index (χ4v) is 2.16. The van der Waals surface area contributed by atoms with Gasteiger partial charge < -0.3 is 9.64 Å². The lowest BCUT2D eigenvalue weighted by atomic mass is 10.1. The van der Waals surface area contributed by atoms with E-state index in [-0.39, 0.29) is 11.9 Å². The predicted molar refractivity (Wildman–Crippen MR) is 77.8 cm³/mol. The second-order valence-corrected chi connectivity index (χ2v) is 4.47. The summed E-state index contributed by atoms with van der Waals surface area (Å²) in [6.07, 6.45) is 0.932. The highest BCUT2D eigenvalue weighted by Gasteiger charge is 2.28. The molecule has 106 valence electrons. The molecule has 0 spiro atoms. The number of hydrogen-bond donors (Lipinski definition) is 0. The highest BCUT2D eigenvalue weighted by molar-refractivity contribution is 5.73. The molecule has 0 aromatic heterocycles. The first-order chi connectivity index (χ1) is 9.29. The fourth-order valence-electron chi connectivity index (χ4n) is 2.16. The normalized spacial score (nSPS) is 18.6. The molecule has 0 N–H and O–H groups in total. The van der Waals surface area contributed by atoms with Gasteiger partial charge in [0.15, 0.2) is 0 Å². The Balaban J connectivity index is 0.000000861. The van der Waals surface area contributed by atoms with Gasteiger partial charge in [-0.15, -0.1) is 0 Å². The highest BCUT2D eigenvalue weighted by atomic mass is 16.5. The molecule has 2 rings (SSSR count). The minimum Gasteiger partial charge on any atom is -0.461 e. The maximum absolute atomic E-state index is 11.8. The van der Waals surface area contributed by atoms with Gasteiger partial charge in [0.05, 0.1) is 5.92 Å². The number of nitrogens with zero attached hydrogens (tertiary/aromatic N) is 1. The Morgan fingerprint density at radius 1 is 1.32 bits per heavy atom. The highest BCUT2D eigenvalue weighted by Crippen LogP contribution is 2.17. The van der Waals surface area contributed by atoms with Crippen molar-refractivity contribution < 1.29 is 9.53 Å². The van der Waals surface area contributed by atoms with Gasteiger partial charge in [0.1, 0.15) is 6.61 Å². The number of carbonyl (C=O) groups is 1. The van der Waals surface area contributed by atoms with Gasteiger partial charge >= 0.3 is 5.97 Å². The second kappa shape index (κ2) is 8.70. The van der Waals surface area contributed by atoms with E-state index >= 15 is 0 Å². The Morgan fingerprint density at radius 2 is 2.00 bits per heavy atom. The van der Waals surface area contributed by atoms with E-state index in [1.54, 1.807) is 0 Å². The van der Waals surface area contributed by atoms with Crippen LogP contribution in [0, 0.1) is 5.92 Å². The summed E-state index contributed by atoms with van der Waals surface area (Å²) in [5.41, 5.74) is 1.05. The number of carbonyl (C=O) groups excluding carboxylic acids is 1. The molecule has 19 heavy (non-hydrogen) atoms. The van der Waals surface area contributed by atoms with Gasteiger partial charge in [0.25, 0.3) is 0 Å². The van der Waals surface area contributed by atoms with Crippen molar-refractivity contribution in [3.63, 3.8) is 0 Å². The summed E-state index contributed by atoms with van der Waals surface area (Å²) in [6, 6.07) is 9.82. The molecule has 3 nitrogen and oxygen atoms in total. The summed E-state index contributed by atoms with van der Waals surface area (Å²) < 4.78 is 5.34. The van der Waals surface area contributed by atoms with Crippen LogP contribution in [0.15, 0.2) is 30.3 Å². The molecule has 1 aromatic rings. The van der Waals surface area contributed by atoms with Crippen LogP contribution in [-0.2, 0) is 16.1 Å². The topological polar surface area (TPSA) is 29.5 Å². The average molecular weight is 263 g/mol. The minimum absolute atomic E-state index is 0.0511. The van der Waals surface area contributed by atoms with Gasteiger partial charge in [-0.1, -0.05) is 51.1 Å². The molecule has 1 aliphatic heterocycles. The zero-order valence-corrected chi connectivity index (χ0v) is 12.3. The van der Waals surface area contributed by atoms with E-state index in [9.17, 15) is 4.79 Å². The van der Waals surface area contributed by atoms with E-state index in [4.69, 9.17) is 4.74 Å². The van der Waals surface area contributed by atoms with Gasteiger partial charge in [0, 0.05) is 6.54 Å². The van der Waals surface area contributed by atoms with Crippen LogP contribution in [0.3, 0.4) is 0 Å². The van der Waals surface area contributed by atoms with Gasteiger partial charge in [0.2, 0.25) is 0 Å². The smallest absolute Gasteiger partial charge is 0.310 e. The van der Waals surface area contributed by atoms with E-state index < -0.39 is 0 Å². The molecule has 0 aliphatic carbocycles. The predicted octanol–water partition coefficient (Wildman–Crippen LogP) is 3.10. The van der Waals surface area contributed by atoms with Gasteiger partial charge in [-0.2, -0.15) is 0 Å². The van der Waals surface area contributed by atoms with Crippen LogP contribution < -0.4 is 0 Å². The number of hydrogen-bond acceptors (Lipinski definition) is 3. The number of esters is 1. The van der Waals surface area contributed by atoms with Crippen LogP contribution in [0.5, 0.6) is 0 Å². The van der Waals surface area contributed by atoms with Crippen LogP contribution in [0.4, 0.5) is 0 Å². The summed E-state index contributed by atoms with van der Waals surface area (Å²) in [5, 5.41) is 0. The first-order valence-corrected chi connectivity index (χ1v) is 7.22. The van der Waals surface area contributed by atoms with Gasteiger partial charge in [-0.05, 0) is 25.1 Å². The zero-order valence-electron chi connectivity index (χ0n) is 12.3. The molecule has 1 heterocycles. The standard InChI is InChI=1S/C14H19NO2.C2H6/c1-2-15-9-8-13(10-15)14(16)17-11-12-6-4-3-5-7-12;1-2/h3-7,13H,2,8-11H2,1H3;1-2H3/t13-;/m0./s1. The quantitative estimate of drug-likeness (QED) is 0.782. The molecular formula is C16H25NO2. The summed E-state index contributed by atoms with van der Waals surface area (Å²) in [7, 11) is 0. The molecule has 0 radical (unpaired) electrons. The minimum atomic E-state index is -0.0511. The summed E-state index contributed by atoms with van der Waals surface area (Å²) in [6.45, 7) is 9.40. The third-order valence-corrected chi connectivity index (χ3v) is 3.28. The molecular weight excluding hydrogens is 238 g/mol. The van der Waals surface area contributed by atoms with Crippen molar-refractivity contribution in [2.45, 2.75) is 33.8 Å². The van der Waals surface area contributed by atoms with Gasteiger partial charge in [-0.3, -0.25) is 4.79 Å². The van der Waals surface area contributed by atoms with Gasteiger partial charge in [-0.25, -0.2) is 0 Å². The number of ether oxygens (including phenoxy) is 1. The average Bonchev–Trinajstić information content (AvgIpc) is 2.97. The Bertz CT molecular complexity index is 364. The zero-order chi connectivity index (χ0) is 14.1. The van der Waals surface area contributed by atoms with Crippen molar-refractivity contribution in [2.75, 3.05) is 19.6 Å². The van der Waals surface area contributed by atoms with Crippen molar-refractivity contribution >= 4 is 5.97 Å². The number of likely N-dealkylation sites (tertiary alicyclic amines) is 1. The molecule has 1 aromatic carbocycles. The van der Waals surface area contributed by atoms with Crippen molar-refractivity contribution in [1.29, 1.82) is 0 Å². The van der Waals surface area contributed by atoms with E-state index in [0.29, 0.717) is 6.61 Å². The van der Waals surface area contributed by atoms with E-state index in [0.717, 1.165) is 31.6 Å². The molecule has 1 saturated heterocycles. The molecule has 0 unspecified atom stereocenters. The van der Waals surface area contributed by atoms with Crippen molar-refractivity contribution in [3.8, 4) is 0 Å². The third-order valence-electron chi connectivity index (χ3n) is 3.28. The Hall–Kier alpha value is -1.35. The van der Waals surface area contributed by atoms with Crippen molar-refractivity contribution in [3.05, 3.63) is 35.9 Å². The molecule has 1 aliphatic rings.